The molecule has 0 amide bonds. The summed E-state index contributed by atoms with van der Waals surface area (Å²) in [5.41, 5.74) is 0.464. The molecule has 1 aliphatic rings. The fourth-order valence-electron chi connectivity index (χ4n) is 2.16. The molecule has 0 spiro atoms. The first-order valence-electron chi connectivity index (χ1n) is 5.76. The lowest BCUT2D eigenvalue weighted by molar-refractivity contribution is 0.493. The van der Waals surface area contributed by atoms with E-state index in [2.05, 4.69) is 5.32 Å². The van der Waals surface area contributed by atoms with E-state index in [0.717, 1.165) is 12.1 Å². The highest BCUT2D eigenvalue weighted by Gasteiger charge is 2.27. The summed E-state index contributed by atoms with van der Waals surface area (Å²) in [6.45, 7) is 2.39. The molecular weight excluding hydrogens is 260 g/mol. The Balaban J connectivity index is 2.29. The Labute approximate surface area is 105 Å². The van der Waals surface area contributed by atoms with Gasteiger partial charge < -0.3 is 5.32 Å². The van der Waals surface area contributed by atoms with Gasteiger partial charge in [0, 0.05) is 6.04 Å². The molecule has 0 aromatic heterocycles. The smallest absolute Gasteiger partial charge is 0.159 e. The van der Waals surface area contributed by atoms with E-state index >= 15 is 0 Å². The van der Waals surface area contributed by atoms with Gasteiger partial charge in [-0.15, -0.1) is 0 Å². The number of sulfone groups is 1. The van der Waals surface area contributed by atoms with Crippen LogP contribution in [0.15, 0.2) is 18.2 Å². The van der Waals surface area contributed by atoms with E-state index in [1.54, 1.807) is 0 Å². The normalized spacial score (nSPS) is 27.7. The van der Waals surface area contributed by atoms with E-state index in [1.165, 1.54) is 6.07 Å². The number of halogens is 2. The van der Waals surface area contributed by atoms with Gasteiger partial charge in [0.1, 0.15) is 0 Å². The Morgan fingerprint density at radius 3 is 2.61 bits per heavy atom. The molecule has 1 saturated heterocycles. The molecule has 2 rings (SSSR count). The van der Waals surface area contributed by atoms with Gasteiger partial charge in [-0.2, -0.15) is 0 Å². The van der Waals surface area contributed by atoms with E-state index in [9.17, 15) is 17.2 Å². The molecule has 0 aliphatic carbocycles. The van der Waals surface area contributed by atoms with Crippen LogP contribution in [0.3, 0.4) is 0 Å². The predicted molar refractivity (Wildman–Crippen MR) is 64.9 cm³/mol. The molecule has 3 nitrogen and oxygen atoms in total. The Kier molecular flexibility index (Phi) is 3.68. The summed E-state index contributed by atoms with van der Waals surface area (Å²) in [6, 6.07) is 3.02. The number of hydrogen-bond donors (Lipinski definition) is 1. The van der Waals surface area contributed by atoms with E-state index in [0.29, 0.717) is 12.1 Å². The minimum Gasteiger partial charge on any atom is -0.309 e. The first kappa shape index (κ1) is 13.4. The molecule has 100 valence electrons. The molecule has 1 N–H and O–H groups in total. The van der Waals surface area contributed by atoms with Crippen LogP contribution in [0.2, 0.25) is 0 Å². The van der Waals surface area contributed by atoms with Crippen molar-refractivity contribution in [3.8, 4) is 0 Å². The topological polar surface area (TPSA) is 46.2 Å². The lowest BCUT2D eigenvalue weighted by Gasteiger charge is -2.16. The van der Waals surface area contributed by atoms with Crippen molar-refractivity contribution in [1.82, 2.24) is 5.32 Å². The molecule has 0 bridgehead atoms. The van der Waals surface area contributed by atoms with Gasteiger partial charge in [-0.25, -0.2) is 17.2 Å². The summed E-state index contributed by atoms with van der Waals surface area (Å²) in [5.74, 6) is -1.82. The van der Waals surface area contributed by atoms with Gasteiger partial charge in [-0.3, -0.25) is 0 Å². The summed E-state index contributed by atoms with van der Waals surface area (Å²) < 4.78 is 49.6. The van der Waals surface area contributed by atoms with E-state index < -0.39 is 27.5 Å². The Bertz CT molecular complexity index is 545. The van der Waals surface area contributed by atoms with Crippen LogP contribution in [0.5, 0.6) is 0 Å². The molecule has 6 heteroatoms. The van der Waals surface area contributed by atoms with Crippen molar-refractivity contribution >= 4 is 9.84 Å². The third kappa shape index (κ3) is 3.05. The van der Waals surface area contributed by atoms with Crippen LogP contribution in [-0.4, -0.2) is 26.5 Å². The second kappa shape index (κ2) is 4.93. The fraction of sp³-hybridized carbons (Fsp3) is 0.500. The summed E-state index contributed by atoms with van der Waals surface area (Å²) in [5, 5.41) is 3.08. The zero-order chi connectivity index (χ0) is 13.3. The molecule has 1 aromatic rings. The largest absolute Gasteiger partial charge is 0.309 e. The van der Waals surface area contributed by atoms with Gasteiger partial charge >= 0.3 is 0 Å². The average molecular weight is 275 g/mol. The molecular formula is C12H15F2NO2S. The van der Waals surface area contributed by atoms with Gasteiger partial charge in [0.05, 0.1) is 11.5 Å². The minimum absolute atomic E-state index is 0.0188. The number of rotatable bonds is 1. The zero-order valence-electron chi connectivity index (χ0n) is 9.99. The summed E-state index contributed by atoms with van der Waals surface area (Å²) in [4.78, 5) is 0. The van der Waals surface area contributed by atoms with Gasteiger partial charge in [0.15, 0.2) is 21.5 Å². The summed E-state index contributed by atoms with van der Waals surface area (Å²) in [6.07, 6.45) is 0. The molecule has 1 aliphatic heterocycles. The lowest BCUT2D eigenvalue weighted by Crippen LogP contribution is -2.26. The highest BCUT2D eigenvalue weighted by atomic mass is 32.2. The molecule has 0 radical (unpaired) electrons. The molecule has 2 atom stereocenters. The van der Waals surface area contributed by atoms with E-state index in [1.807, 2.05) is 6.92 Å². The lowest BCUT2D eigenvalue weighted by atomic mass is 10.1. The zero-order valence-corrected chi connectivity index (χ0v) is 10.8. The first-order valence-corrected chi connectivity index (χ1v) is 7.58. The van der Waals surface area contributed by atoms with Crippen LogP contribution in [0, 0.1) is 17.6 Å². The Morgan fingerprint density at radius 1 is 1.22 bits per heavy atom. The van der Waals surface area contributed by atoms with Gasteiger partial charge in [-0.05, 0) is 30.2 Å². The van der Waals surface area contributed by atoms with Crippen LogP contribution in [-0.2, 0) is 9.84 Å². The molecule has 1 aromatic carbocycles. The van der Waals surface area contributed by atoms with Gasteiger partial charge in [0.25, 0.3) is 0 Å². The molecule has 0 saturated carbocycles. The van der Waals surface area contributed by atoms with Crippen LogP contribution >= 0.6 is 0 Å². The Hall–Kier alpha value is -1.01. The number of benzene rings is 1. The maximum absolute atomic E-state index is 13.2. The number of hydrogen-bond acceptors (Lipinski definition) is 3. The van der Waals surface area contributed by atoms with E-state index in [-0.39, 0.29) is 17.4 Å². The summed E-state index contributed by atoms with van der Waals surface area (Å²) in [7, 11) is -3.17. The second-order valence-corrected chi connectivity index (χ2v) is 6.97. The van der Waals surface area contributed by atoms with Crippen molar-refractivity contribution < 1.29 is 17.2 Å². The Morgan fingerprint density at radius 2 is 1.94 bits per heavy atom. The predicted octanol–water partition coefficient (Wildman–Crippen LogP) is 1.66. The van der Waals surface area contributed by atoms with Crippen molar-refractivity contribution in [2.45, 2.75) is 13.0 Å². The maximum Gasteiger partial charge on any atom is 0.159 e. The van der Waals surface area contributed by atoms with Crippen LogP contribution in [0.4, 0.5) is 8.78 Å². The minimum atomic E-state index is -3.17. The third-order valence-electron chi connectivity index (χ3n) is 3.02. The third-order valence-corrected chi connectivity index (χ3v) is 4.94. The monoisotopic (exact) mass is 275 g/mol. The maximum atomic E-state index is 13.2. The quantitative estimate of drug-likeness (QED) is 0.848. The van der Waals surface area contributed by atoms with Crippen molar-refractivity contribution in [3.63, 3.8) is 0 Å². The van der Waals surface area contributed by atoms with Crippen LogP contribution in [0.25, 0.3) is 0 Å². The molecule has 1 fully saturated rings. The molecule has 18 heavy (non-hydrogen) atoms. The first-order chi connectivity index (χ1) is 8.37. The van der Waals surface area contributed by atoms with Crippen LogP contribution < -0.4 is 5.32 Å². The highest BCUT2D eigenvalue weighted by molar-refractivity contribution is 7.91. The molecule has 2 unspecified atom stereocenters. The van der Waals surface area contributed by atoms with Crippen molar-refractivity contribution in [2.24, 2.45) is 5.92 Å². The van der Waals surface area contributed by atoms with Crippen molar-refractivity contribution in [3.05, 3.63) is 35.4 Å². The van der Waals surface area contributed by atoms with E-state index in [4.69, 9.17) is 0 Å². The standard InChI is InChI=1S/C12H15F2NO2S/c1-8-5-15-12(7-18(16,17)6-8)9-2-3-10(13)11(14)4-9/h2-4,8,12,15H,5-7H2,1H3. The van der Waals surface area contributed by atoms with Crippen LogP contribution in [0.1, 0.15) is 18.5 Å². The second-order valence-electron chi connectivity index (χ2n) is 4.82. The highest BCUT2D eigenvalue weighted by Crippen LogP contribution is 2.21. The van der Waals surface area contributed by atoms with Gasteiger partial charge in [-0.1, -0.05) is 13.0 Å². The van der Waals surface area contributed by atoms with Crippen molar-refractivity contribution in [1.29, 1.82) is 0 Å². The summed E-state index contributed by atoms with van der Waals surface area (Å²) >= 11 is 0. The number of nitrogens with one attached hydrogen (secondary N) is 1. The fourth-order valence-corrected chi connectivity index (χ4v) is 4.10. The molecule has 1 heterocycles. The van der Waals surface area contributed by atoms with Crippen molar-refractivity contribution in [2.75, 3.05) is 18.1 Å². The average Bonchev–Trinajstić information content (AvgIpc) is 2.40. The SMILES string of the molecule is CC1CNC(c2ccc(F)c(F)c2)CS(=O)(=O)C1. The van der Waals surface area contributed by atoms with Gasteiger partial charge in [0.2, 0.25) is 0 Å².